The molecule has 0 bridgehead atoms. The zero-order valence-electron chi connectivity index (χ0n) is 9.49. The van der Waals surface area contributed by atoms with Gasteiger partial charge in [-0.15, -0.1) is 0 Å². The van der Waals surface area contributed by atoms with Gasteiger partial charge in [0.1, 0.15) is 11.9 Å². The smallest absolute Gasteiger partial charge is 0.124 e. The van der Waals surface area contributed by atoms with E-state index >= 15 is 0 Å². The summed E-state index contributed by atoms with van der Waals surface area (Å²) in [6.07, 6.45) is 3.37. The lowest BCUT2D eigenvalue weighted by Gasteiger charge is -2.29. The summed E-state index contributed by atoms with van der Waals surface area (Å²) in [7, 11) is 0. The zero-order valence-corrected chi connectivity index (χ0v) is 9.49. The largest absolute Gasteiger partial charge is 0.391 e. The monoisotopic (exact) mass is 234 g/mol. The molecular formula is C13H15FN2O. The second-order valence-corrected chi connectivity index (χ2v) is 4.40. The van der Waals surface area contributed by atoms with Crippen LogP contribution >= 0.6 is 0 Å². The molecule has 1 aliphatic rings. The first-order chi connectivity index (χ1) is 8.20. The van der Waals surface area contributed by atoms with Gasteiger partial charge in [0.2, 0.25) is 0 Å². The Morgan fingerprint density at radius 1 is 1.35 bits per heavy atom. The summed E-state index contributed by atoms with van der Waals surface area (Å²) in [5, 5.41) is 21.9. The molecule has 0 amide bonds. The summed E-state index contributed by atoms with van der Waals surface area (Å²) in [5.74, 6) is -0.420. The van der Waals surface area contributed by atoms with Crippen LogP contribution in [0.15, 0.2) is 18.2 Å². The van der Waals surface area contributed by atoms with Gasteiger partial charge < -0.3 is 10.4 Å². The van der Waals surface area contributed by atoms with E-state index < -0.39 is 5.82 Å². The molecule has 0 radical (unpaired) electrons. The van der Waals surface area contributed by atoms with Gasteiger partial charge in [-0.2, -0.15) is 5.26 Å². The maximum absolute atomic E-state index is 13.0. The lowest BCUT2D eigenvalue weighted by Crippen LogP contribution is -2.36. The Morgan fingerprint density at radius 3 is 2.82 bits per heavy atom. The fraction of sp³-hybridized carbons (Fsp3) is 0.462. The molecule has 0 spiro atoms. The molecule has 90 valence electrons. The van der Waals surface area contributed by atoms with Gasteiger partial charge in [-0.05, 0) is 31.0 Å². The predicted octanol–water partition coefficient (Wildman–Crippen LogP) is 2.41. The summed E-state index contributed by atoms with van der Waals surface area (Å²) >= 11 is 0. The highest BCUT2D eigenvalue weighted by Crippen LogP contribution is 2.24. The number of hydrogen-bond donors (Lipinski definition) is 2. The quantitative estimate of drug-likeness (QED) is 0.826. The number of rotatable bonds is 2. The van der Waals surface area contributed by atoms with E-state index in [0.717, 1.165) is 25.7 Å². The minimum absolute atomic E-state index is 0.0405. The molecule has 3 nitrogen and oxygen atoms in total. The Bertz CT molecular complexity index is 442. The second kappa shape index (κ2) is 5.15. The van der Waals surface area contributed by atoms with E-state index in [0.29, 0.717) is 5.69 Å². The number of anilines is 1. The van der Waals surface area contributed by atoms with E-state index in [-0.39, 0.29) is 17.7 Å². The summed E-state index contributed by atoms with van der Waals surface area (Å²) in [6.45, 7) is 0. The van der Waals surface area contributed by atoms with E-state index in [4.69, 9.17) is 5.26 Å². The van der Waals surface area contributed by atoms with Crippen molar-refractivity contribution in [2.75, 3.05) is 5.32 Å². The minimum Gasteiger partial charge on any atom is -0.391 e. The number of hydrogen-bond acceptors (Lipinski definition) is 3. The Morgan fingerprint density at radius 2 is 2.12 bits per heavy atom. The van der Waals surface area contributed by atoms with Crippen molar-refractivity contribution in [2.45, 2.75) is 37.8 Å². The van der Waals surface area contributed by atoms with Crippen LogP contribution in [0, 0.1) is 17.1 Å². The van der Waals surface area contributed by atoms with Crippen LogP contribution in [-0.4, -0.2) is 17.3 Å². The first kappa shape index (κ1) is 11.9. The summed E-state index contributed by atoms with van der Waals surface area (Å²) in [6, 6.07) is 5.99. The zero-order chi connectivity index (χ0) is 12.3. The maximum Gasteiger partial charge on any atom is 0.124 e. The van der Waals surface area contributed by atoms with Crippen LogP contribution in [-0.2, 0) is 0 Å². The van der Waals surface area contributed by atoms with Gasteiger partial charge in [-0.1, -0.05) is 12.8 Å². The van der Waals surface area contributed by atoms with Crippen LogP contribution in [0.1, 0.15) is 31.2 Å². The van der Waals surface area contributed by atoms with Crippen LogP contribution in [0.4, 0.5) is 10.1 Å². The van der Waals surface area contributed by atoms with Crippen molar-refractivity contribution >= 4 is 5.69 Å². The van der Waals surface area contributed by atoms with Crippen molar-refractivity contribution in [3.8, 4) is 6.07 Å². The van der Waals surface area contributed by atoms with E-state index in [1.807, 2.05) is 6.07 Å². The van der Waals surface area contributed by atoms with Crippen LogP contribution in [0.5, 0.6) is 0 Å². The van der Waals surface area contributed by atoms with Crippen molar-refractivity contribution < 1.29 is 9.50 Å². The van der Waals surface area contributed by atoms with Crippen LogP contribution < -0.4 is 5.32 Å². The Kier molecular flexibility index (Phi) is 3.60. The number of nitriles is 1. The molecule has 1 aromatic rings. The SMILES string of the molecule is N#Cc1cc(F)ccc1N[C@H]1CCCC[C@@H]1O. The van der Waals surface area contributed by atoms with Crippen LogP contribution in [0.2, 0.25) is 0 Å². The summed E-state index contributed by atoms with van der Waals surface area (Å²) in [4.78, 5) is 0. The fourth-order valence-electron chi connectivity index (χ4n) is 2.21. The fourth-order valence-corrected chi connectivity index (χ4v) is 2.21. The van der Waals surface area contributed by atoms with Gasteiger partial charge in [0.25, 0.3) is 0 Å². The van der Waals surface area contributed by atoms with Gasteiger partial charge in [-0.3, -0.25) is 0 Å². The molecule has 17 heavy (non-hydrogen) atoms. The molecule has 1 aliphatic carbocycles. The molecule has 0 saturated heterocycles. The van der Waals surface area contributed by atoms with E-state index in [9.17, 15) is 9.50 Å². The number of aliphatic hydroxyl groups is 1. The van der Waals surface area contributed by atoms with Gasteiger partial charge in [0.15, 0.2) is 0 Å². The first-order valence-electron chi connectivity index (χ1n) is 5.85. The molecular weight excluding hydrogens is 219 g/mol. The number of halogens is 1. The van der Waals surface area contributed by atoms with Gasteiger partial charge >= 0.3 is 0 Å². The molecule has 1 aromatic carbocycles. The normalized spacial score (nSPS) is 24.1. The Balaban J connectivity index is 2.15. The Hall–Kier alpha value is -1.60. The molecule has 2 N–H and O–H groups in total. The van der Waals surface area contributed by atoms with Gasteiger partial charge in [-0.25, -0.2) is 4.39 Å². The molecule has 2 rings (SSSR count). The van der Waals surface area contributed by atoms with Gasteiger partial charge in [0, 0.05) is 0 Å². The second-order valence-electron chi connectivity index (χ2n) is 4.40. The average Bonchev–Trinajstić information content (AvgIpc) is 2.34. The van der Waals surface area contributed by atoms with E-state index in [1.165, 1.54) is 12.1 Å². The van der Waals surface area contributed by atoms with Crippen molar-refractivity contribution in [1.82, 2.24) is 0 Å². The predicted molar refractivity (Wildman–Crippen MR) is 63.0 cm³/mol. The van der Waals surface area contributed by atoms with Gasteiger partial charge in [0.05, 0.1) is 23.4 Å². The van der Waals surface area contributed by atoms with Crippen molar-refractivity contribution in [3.63, 3.8) is 0 Å². The molecule has 1 saturated carbocycles. The number of nitrogens with one attached hydrogen (secondary N) is 1. The molecule has 2 atom stereocenters. The highest BCUT2D eigenvalue weighted by molar-refractivity contribution is 5.58. The molecule has 0 heterocycles. The van der Waals surface area contributed by atoms with Crippen LogP contribution in [0.25, 0.3) is 0 Å². The standard InChI is InChI=1S/C13H15FN2O/c14-10-5-6-11(9(7-10)8-15)16-12-3-1-2-4-13(12)17/h5-7,12-13,16-17H,1-4H2/t12-,13-/m0/s1. The molecule has 0 unspecified atom stereocenters. The molecule has 0 aliphatic heterocycles. The lowest BCUT2D eigenvalue weighted by atomic mass is 9.92. The number of aliphatic hydroxyl groups excluding tert-OH is 1. The van der Waals surface area contributed by atoms with Crippen molar-refractivity contribution in [2.24, 2.45) is 0 Å². The topological polar surface area (TPSA) is 56.0 Å². The third-order valence-corrected chi connectivity index (χ3v) is 3.17. The van der Waals surface area contributed by atoms with Crippen molar-refractivity contribution in [3.05, 3.63) is 29.6 Å². The summed E-state index contributed by atoms with van der Waals surface area (Å²) < 4.78 is 13.0. The molecule has 4 heteroatoms. The van der Waals surface area contributed by atoms with E-state index in [2.05, 4.69) is 5.32 Å². The van der Waals surface area contributed by atoms with E-state index in [1.54, 1.807) is 6.07 Å². The summed E-state index contributed by atoms with van der Waals surface area (Å²) in [5.41, 5.74) is 0.877. The Labute approximate surface area is 99.9 Å². The number of nitrogens with zero attached hydrogens (tertiary/aromatic N) is 1. The van der Waals surface area contributed by atoms with Crippen molar-refractivity contribution in [1.29, 1.82) is 5.26 Å². The number of benzene rings is 1. The minimum atomic E-state index is -0.420. The third-order valence-electron chi connectivity index (χ3n) is 3.17. The third kappa shape index (κ3) is 2.75. The highest BCUT2D eigenvalue weighted by Gasteiger charge is 2.23. The first-order valence-corrected chi connectivity index (χ1v) is 5.85. The molecule has 0 aromatic heterocycles. The average molecular weight is 234 g/mol. The highest BCUT2D eigenvalue weighted by atomic mass is 19.1. The molecule has 1 fully saturated rings. The lowest BCUT2D eigenvalue weighted by molar-refractivity contribution is 0.116. The van der Waals surface area contributed by atoms with Crippen LogP contribution in [0.3, 0.4) is 0 Å². The maximum atomic E-state index is 13.0.